The van der Waals surface area contributed by atoms with Crippen molar-refractivity contribution in [2.24, 2.45) is 0 Å². The van der Waals surface area contributed by atoms with E-state index in [0.29, 0.717) is 25.9 Å². The Labute approximate surface area is 126 Å². The molecule has 3 rings (SSSR count). The molecule has 1 aromatic carbocycles. The predicted octanol–water partition coefficient (Wildman–Crippen LogP) is 2.00. The summed E-state index contributed by atoms with van der Waals surface area (Å²) in [6.45, 7) is 1.07. The third-order valence-corrected chi connectivity index (χ3v) is 3.37. The summed E-state index contributed by atoms with van der Waals surface area (Å²) in [6, 6.07) is 6.41. The first kappa shape index (κ1) is 14.2. The number of aryl methyl sites for hydroxylation is 1. The van der Waals surface area contributed by atoms with Gasteiger partial charge in [0.1, 0.15) is 18.5 Å². The Hall–Kier alpha value is -2.70. The molecule has 7 heteroatoms. The maximum absolute atomic E-state index is 13.1. The number of aromatic amines is 1. The van der Waals surface area contributed by atoms with E-state index in [1.165, 1.54) is 18.5 Å². The molecule has 3 aromatic rings. The van der Waals surface area contributed by atoms with Crippen LogP contribution in [0, 0.1) is 5.82 Å². The molecule has 0 unspecified atom stereocenters. The average Bonchev–Trinajstić information content (AvgIpc) is 3.13. The van der Waals surface area contributed by atoms with E-state index < -0.39 is 0 Å². The first-order chi connectivity index (χ1) is 10.7. The molecular weight excluding hydrogens is 285 g/mol. The fourth-order valence-corrected chi connectivity index (χ4v) is 2.29. The fraction of sp³-hybridized carbons (Fsp3) is 0.267. The quantitative estimate of drug-likeness (QED) is 0.731. The number of amides is 1. The Morgan fingerprint density at radius 2 is 2.27 bits per heavy atom. The number of fused-ring (bicyclic) bond motifs is 1. The summed E-state index contributed by atoms with van der Waals surface area (Å²) in [5.41, 5.74) is 1.71. The maximum Gasteiger partial charge on any atom is 0.220 e. The van der Waals surface area contributed by atoms with E-state index in [1.807, 2.05) is 6.07 Å². The van der Waals surface area contributed by atoms with Gasteiger partial charge in [0.25, 0.3) is 0 Å². The number of nitrogens with zero attached hydrogens (tertiary/aromatic N) is 3. The molecule has 0 aliphatic carbocycles. The molecule has 2 aromatic heterocycles. The van der Waals surface area contributed by atoms with Crippen LogP contribution < -0.4 is 5.32 Å². The summed E-state index contributed by atoms with van der Waals surface area (Å²) in [5, 5.41) is 7.62. The number of rotatable bonds is 6. The average molecular weight is 301 g/mol. The summed E-state index contributed by atoms with van der Waals surface area (Å²) in [6.07, 6.45) is 4.22. The van der Waals surface area contributed by atoms with Gasteiger partial charge in [-0.3, -0.25) is 9.48 Å². The van der Waals surface area contributed by atoms with Gasteiger partial charge in [0.2, 0.25) is 5.91 Å². The lowest BCUT2D eigenvalue weighted by molar-refractivity contribution is -0.121. The zero-order valence-corrected chi connectivity index (χ0v) is 11.9. The third kappa shape index (κ3) is 3.49. The summed E-state index contributed by atoms with van der Waals surface area (Å²) in [5.74, 6) is -0.292. The van der Waals surface area contributed by atoms with Crippen molar-refractivity contribution in [1.29, 1.82) is 0 Å². The van der Waals surface area contributed by atoms with Crippen LogP contribution in [0.5, 0.6) is 0 Å². The third-order valence-electron chi connectivity index (χ3n) is 3.37. The molecular formula is C15H16FN5O. The van der Waals surface area contributed by atoms with Crippen molar-refractivity contribution in [3.05, 3.63) is 48.4 Å². The SMILES string of the molecule is O=C(CCCn1cncn1)NCc1cc2cc(F)ccc2[nH]1. The second-order valence-electron chi connectivity index (χ2n) is 5.06. The van der Waals surface area contributed by atoms with Crippen LogP contribution in [0.2, 0.25) is 0 Å². The molecule has 2 N–H and O–H groups in total. The highest BCUT2D eigenvalue weighted by molar-refractivity contribution is 5.81. The van der Waals surface area contributed by atoms with Crippen molar-refractivity contribution in [1.82, 2.24) is 25.1 Å². The molecule has 0 aliphatic rings. The van der Waals surface area contributed by atoms with E-state index in [2.05, 4.69) is 20.4 Å². The number of benzene rings is 1. The number of aromatic nitrogens is 4. The van der Waals surface area contributed by atoms with E-state index in [9.17, 15) is 9.18 Å². The summed E-state index contributed by atoms with van der Waals surface area (Å²) >= 11 is 0. The van der Waals surface area contributed by atoms with Gasteiger partial charge in [0.15, 0.2) is 0 Å². The van der Waals surface area contributed by atoms with E-state index >= 15 is 0 Å². The van der Waals surface area contributed by atoms with Gasteiger partial charge in [-0.25, -0.2) is 9.37 Å². The Morgan fingerprint density at radius 3 is 3.09 bits per heavy atom. The Kier molecular flexibility index (Phi) is 4.13. The molecule has 114 valence electrons. The number of carbonyl (C=O) groups is 1. The van der Waals surface area contributed by atoms with Gasteiger partial charge >= 0.3 is 0 Å². The highest BCUT2D eigenvalue weighted by Gasteiger charge is 2.05. The van der Waals surface area contributed by atoms with E-state index in [0.717, 1.165) is 16.6 Å². The molecule has 0 aliphatic heterocycles. The molecule has 1 amide bonds. The van der Waals surface area contributed by atoms with E-state index in [1.54, 1.807) is 17.1 Å². The van der Waals surface area contributed by atoms with Crippen LogP contribution in [0.3, 0.4) is 0 Å². The van der Waals surface area contributed by atoms with Crippen LogP contribution in [0.15, 0.2) is 36.9 Å². The monoisotopic (exact) mass is 301 g/mol. The van der Waals surface area contributed by atoms with Gasteiger partial charge in [-0.1, -0.05) is 0 Å². The molecule has 6 nitrogen and oxygen atoms in total. The zero-order chi connectivity index (χ0) is 15.4. The lowest BCUT2D eigenvalue weighted by Gasteiger charge is -2.04. The molecule has 22 heavy (non-hydrogen) atoms. The van der Waals surface area contributed by atoms with Crippen LogP contribution in [-0.2, 0) is 17.9 Å². The minimum absolute atomic E-state index is 0.0232. The Bertz CT molecular complexity index is 765. The van der Waals surface area contributed by atoms with Gasteiger partial charge in [0.05, 0.1) is 6.54 Å². The fourth-order valence-electron chi connectivity index (χ4n) is 2.29. The molecule has 0 radical (unpaired) electrons. The second kappa shape index (κ2) is 6.38. The minimum atomic E-state index is -0.268. The maximum atomic E-state index is 13.1. The van der Waals surface area contributed by atoms with Crippen molar-refractivity contribution in [3.8, 4) is 0 Å². The van der Waals surface area contributed by atoms with Gasteiger partial charge < -0.3 is 10.3 Å². The standard InChI is InChI=1S/C15H16FN5O/c16-12-3-4-14-11(6-12)7-13(20-14)8-18-15(22)2-1-5-21-10-17-9-19-21/h3-4,6-7,9-10,20H,1-2,5,8H2,(H,18,22). The van der Waals surface area contributed by atoms with Crippen LogP contribution in [-0.4, -0.2) is 25.7 Å². The van der Waals surface area contributed by atoms with Crippen molar-refractivity contribution < 1.29 is 9.18 Å². The lowest BCUT2D eigenvalue weighted by Crippen LogP contribution is -2.23. The van der Waals surface area contributed by atoms with E-state index in [4.69, 9.17) is 0 Å². The van der Waals surface area contributed by atoms with Crippen molar-refractivity contribution in [3.63, 3.8) is 0 Å². The number of carbonyl (C=O) groups excluding carboxylic acids is 1. The normalized spacial score (nSPS) is 11.0. The topological polar surface area (TPSA) is 75.6 Å². The number of nitrogens with one attached hydrogen (secondary N) is 2. The zero-order valence-electron chi connectivity index (χ0n) is 11.9. The Balaban J connectivity index is 1.47. The highest BCUT2D eigenvalue weighted by Crippen LogP contribution is 2.16. The van der Waals surface area contributed by atoms with Gasteiger partial charge in [-0.05, 0) is 30.7 Å². The van der Waals surface area contributed by atoms with Gasteiger partial charge in [-0.2, -0.15) is 5.10 Å². The molecule has 0 bridgehead atoms. The molecule has 0 saturated carbocycles. The van der Waals surface area contributed by atoms with Crippen LogP contribution in [0.1, 0.15) is 18.5 Å². The first-order valence-electron chi connectivity index (χ1n) is 7.07. The molecule has 2 heterocycles. The van der Waals surface area contributed by atoms with Gasteiger partial charge in [-0.15, -0.1) is 0 Å². The van der Waals surface area contributed by atoms with Gasteiger partial charge in [0, 0.05) is 29.6 Å². The molecule has 0 atom stereocenters. The number of hydrogen-bond acceptors (Lipinski definition) is 3. The Morgan fingerprint density at radius 1 is 1.36 bits per heavy atom. The summed E-state index contributed by atoms with van der Waals surface area (Å²) in [4.78, 5) is 18.8. The van der Waals surface area contributed by atoms with Crippen LogP contribution in [0.25, 0.3) is 10.9 Å². The second-order valence-corrected chi connectivity index (χ2v) is 5.06. The van der Waals surface area contributed by atoms with Crippen LogP contribution in [0.4, 0.5) is 4.39 Å². The van der Waals surface area contributed by atoms with Crippen LogP contribution >= 0.6 is 0 Å². The first-order valence-corrected chi connectivity index (χ1v) is 7.07. The molecule has 0 fully saturated rings. The number of hydrogen-bond donors (Lipinski definition) is 2. The number of halogens is 1. The lowest BCUT2D eigenvalue weighted by atomic mass is 10.2. The summed E-state index contributed by atoms with van der Waals surface area (Å²) < 4.78 is 14.8. The minimum Gasteiger partial charge on any atom is -0.357 e. The highest BCUT2D eigenvalue weighted by atomic mass is 19.1. The predicted molar refractivity (Wildman–Crippen MR) is 79.4 cm³/mol. The number of H-pyrrole nitrogens is 1. The smallest absolute Gasteiger partial charge is 0.220 e. The largest absolute Gasteiger partial charge is 0.357 e. The molecule has 0 saturated heterocycles. The van der Waals surface area contributed by atoms with Crippen molar-refractivity contribution >= 4 is 16.8 Å². The van der Waals surface area contributed by atoms with Crippen molar-refractivity contribution in [2.75, 3.05) is 0 Å². The van der Waals surface area contributed by atoms with E-state index in [-0.39, 0.29) is 11.7 Å². The molecule has 0 spiro atoms. The summed E-state index contributed by atoms with van der Waals surface area (Å²) in [7, 11) is 0. The van der Waals surface area contributed by atoms with Crippen molar-refractivity contribution in [2.45, 2.75) is 25.9 Å².